The smallest absolute Gasteiger partial charge is 0.265 e. The number of carbonyl (C=O) groups excluding carboxylic acids is 3. The van der Waals surface area contributed by atoms with Crippen LogP contribution in [0, 0.1) is 6.92 Å². The van der Waals surface area contributed by atoms with E-state index in [0.29, 0.717) is 30.0 Å². The summed E-state index contributed by atoms with van der Waals surface area (Å²) >= 11 is 1.04. The van der Waals surface area contributed by atoms with E-state index in [9.17, 15) is 14.4 Å². The highest BCUT2D eigenvalue weighted by Gasteiger charge is 2.36. The predicted molar refractivity (Wildman–Crippen MR) is 112 cm³/mol. The van der Waals surface area contributed by atoms with Crippen LogP contribution in [0.1, 0.15) is 33.8 Å². The Morgan fingerprint density at radius 1 is 1.27 bits per heavy atom. The van der Waals surface area contributed by atoms with Crippen LogP contribution in [-0.4, -0.2) is 56.3 Å². The number of fused-ring (bicyclic) bond motifs is 1. The van der Waals surface area contributed by atoms with Crippen LogP contribution < -0.4 is 10.6 Å². The molecule has 0 aliphatic carbocycles. The summed E-state index contributed by atoms with van der Waals surface area (Å²) in [6, 6.07) is 7.38. The Labute approximate surface area is 177 Å². The van der Waals surface area contributed by atoms with Gasteiger partial charge in [-0.1, -0.05) is 22.7 Å². The van der Waals surface area contributed by atoms with Crippen molar-refractivity contribution in [2.45, 2.75) is 32.4 Å². The van der Waals surface area contributed by atoms with Crippen LogP contribution in [0.3, 0.4) is 0 Å². The fraction of sp³-hybridized carbons (Fsp3) is 0.350. The lowest BCUT2D eigenvalue weighted by Crippen LogP contribution is -2.46. The van der Waals surface area contributed by atoms with Gasteiger partial charge in [-0.3, -0.25) is 14.4 Å². The minimum atomic E-state index is -0.505. The zero-order chi connectivity index (χ0) is 21.1. The molecule has 156 valence electrons. The first kappa shape index (κ1) is 20.0. The third-order valence-corrected chi connectivity index (χ3v) is 6.04. The quantitative estimate of drug-likeness (QED) is 0.493. The van der Waals surface area contributed by atoms with E-state index in [0.717, 1.165) is 28.0 Å². The molecule has 0 spiro atoms. The monoisotopic (exact) mass is 426 g/mol. The molecular weight excluding hydrogens is 404 g/mol. The molecule has 2 aromatic heterocycles. The lowest BCUT2D eigenvalue weighted by Gasteiger charge is -2.24. The van der Waals surface area contributed by atoms with E-state index in [1.54, 1.807) is 11.8 Å². The second-order valence-electron chi connectivity index (χ2n) is 7.17. The van der Waals surface area contributed by atoms with Gasteiger partial charge < -0.3 is 20.5 Å². The van der Waals surface area contributed by atoms with E-state index in [4.69, 9.17) is 0 Å². The number of hydrogen-bond acceptors (Lipinski definition) is 6. The zero-order valence-corrected chi connectivity index (χ0v) is 17.3. The third-order valence-electron chi connectivity index (χ3n) is 5.21. The largest absolute Gasteiger partial charge is 0.361 e. The molecule has 0 bridgehead atoms. The Bertz CT molecular complexity index is 1090. The van der Waals surface area contributed by atoms with Crippen LogP contribution in [0.2, 0.25) is 0 Å². The van der Waals surface area contributed by atoms with Crippen LogP contribution in [0.25, 0.3) is 10.9 Å². The Kier molecular flexibility index (Phi) is 5.75. The number of aryl methyl sites for hydroxylation is 1. The van der Waals surface area contributed by atoms with Gasteiger partial charge in [0.05, 0.1) is 5.69 Å². The number of likely N-dealkylation sites (tertiary alicyclic amines) is 1. The van der Waals surface area contributed by atoms with E-state index < -0.39 is 6.04 Å². The van der Waals surface area contributed by atoms with Gasteiger partial charge in [0.25, 0.3) is 5.91 Å². The van der Waals surface area contributed by atoms with E-state index in [-0.39, 0.29) is 30.8 Å². The van der Waals surface area contributed by atoms with Crippen LogP contribution >= 0.6 is 11.5 Å². The van der Waals surface area contributed by atoms with E-state index in [1.807, 2.05) is 30.5 Å². The SMILES string of the molecule is Cc1nnsc1C(=O)NCCNC(=O)C1CCC(=O)N1Cc1c[nH]c2ccccc12. The number of aromatic nitrogens is 3. The molecule has 1 atom stereocenters. The molecule has 10 heteroatoms. The molecule has 1 fully saturated rings. The van der Waals surface area contributed by atoms with Crippen molar-refractivity contribution >= 4 is 40.2 Å². The van der Waals surface area contributed by atoms with E-state index in [1.165, 1.54) is 0 Å². The van der Waals surface area contributed by atoms with E-state index >= 15 is 0 Å². The number of rotatable bonds is 7. The van der Waals surface area contributed by atoms with Crippen molar-refractivity contribution in [1.82, 2.24) is 30.1 Å². The molecule has 1 aliphatic heterocycles. The zero-order valence-electron chi connectivity index (χ0n) is 16.5. The summed E-state index contributed by atoms with van der Waals surface area (Å²) < 4.78 is 3.74. The Hall–Kier alpha value is -3.27. The summed E-state index contributed by atoms with van der Waals surface area (Å²) in [5.41, 5.74) is 2.57. The summed E-state index contributed by atoms with van der Waals surface area (Å²) in [5, 5.41) is 10.4. The molecule has 3 heterocycles. The summed E-state index contributed by atoms with van der Waals surface area (Å²) in [7, 11) is 0. The first-order chi connectivity index (χ1) is 14.5. The molecule has 3 aromatic rings. The number of H-pyrrole nitrogens is 1. The average Bonchev–Trinajstić information content (AvgIpc) is 3.45. The highest BCUT2D eigenvalue weighted by atomic mass is 32.1. The fourth-order valence-electron chi connectivity index (χ4n) is 3.65. The van der Waals surface area contributed by atoms with Crippen LogP contribution in [0.15, 0.2) is 30.5 Å². The normalized spacial score (nSPS) is 16.2. The minimum absolute atomic E-state index is 0.0260. The molecule has 0 radical (unpaired) electrons. The second kappa shape index (κ2) is 8.62. The summed E-state index contributed by atoms with van der Waals surface area (Å²) in [4.78, 5) is 42.4. The number of nitrogens with zero attached hydrogens (tertiary/aromatic N) is 3. The van der Waals surface area contributed by atoms with Crippen LogP contribution in [0.5, 0.6) is 0 Å². The molecule has 1 aliphatic rings. The lowest BCUT2D eigenvalue weighted by molar-refractivity contribution is -0.135. The standard InChI is InChI=1S/C20H22N6O3S/c1-12-18(30-25-24-12)20(29)22-9-8-21-19(28)16-6-7-17(27)26(16)11-13-10-23-15-5-3-2-4-14(13)15/h2-5,10,16,23H,6-9,11H2,1H3,(H,21,28)(H,22,29). The number of amides is 3. The summed E-state index contributed by atoms with van der Waals surface area (Å²) in [6.07, 6.45) is 2.73. The maximum atomic E-state index is 12.7. The van der Waals surface area contributed by atoms with Gasteiger partial charge in [-0.2, -0.15) is 0 Å². The molecule has 30 heavy (non-hydrogen) atoms. The lowest BCUT2D eigenvalue weighted by atomic mass is 10.1. The van der Waals surface area contributed by atoms with Gasteiger partial charge >= 0.3 is 0 Å². The molecule has 0 saturated carbocycles. The number of aromatic amines is 1. The number of benzene rings is 1. The Balaban J connectivity index is 1.32. The number of nitrogens with one attached hydrogen (secondary N) is 3. The Morgan fingerprint density at radius 3 is 2.87 bits per heavy atom. The highest BCUT2D eigenvalue weighted by molar-refractivity contribution is 7.08. The molecule has 1 aromatic carbocycles. The van der Waals surface area contributed by atoms with Crippen molar-refractivity contribution in [1.29, 1.82) is 0 Å². The maximum absolute atomic E-state index is 12.7. The number of carbonyl (C=O) groups is 3. The van der Waals surface area contributed by atoms with Crippen molar-refractivity contribution in [2.75, 3.05) is 13.1 Å². The minimum Gasteiger partial charge on any atom is -0.361 e. The number of hydrogen-bond donors (Lipinski definition) is 3. The first-order valence-corrected chi connectivity index (χ1v) is 10.5. The molecule has 1 unspecified atom stereocenters. The summed E-state index contributed by atoms with van der Waals surface area (Å²) in [5.74, 6) is -0.485. The van der Waals surface area contributed by atoms with Crippen LogP contribution in [0.4, 0.5) is 0 Å². The van der Waals surface area contributed by atoms with Crippen molar-refractivity contribution < 1.29 is 14.4 Å². The molecule has 3 amide bonds. The second-order valence-corrected chi connectivity index (χ2v) is 7.92. The molecule has 3 N–H and O–H groups in total. The van der Waals surface area contributed by atoms with Crippen molar-refractivity contribution in [3.8, 4) is 0 Å². The molecular formula is C20H22N6O3S. The third kappa shape index (κ3) is 4.04. The maximum Gasteiger partial charge on any atom is 0.265 e. The van der Waals surface area contributed by atoms with Gasteiger partial charge in [0.2, 0.25) is 11.8 Å². The predicted octanol–water partition coefficient (Wildman–Crippen LogP) is 1.37. The first-order valence-electron chi connectivity index (χ1n) is 9.74. The van der Waals surface area contributed by atoms with Gasteiger partial charge in [-0.25, -0.2) is 0 Å². The Morgan fingerprint density at radius 2 is 2.07 bits per heavy atom. The highest BCUT2D eigenvalue weighted by Crippen LogP contribution is 2.25. The van der Waals surface area contributed by atoms with Gasteiger partial charge in [-0.15, -0.1) is 5.10 Å². The van der Waals surface area contributed by atoms with Crippen molar-refractivity contribution in [2.24, 2.45) is 0 Å². The van der Waals surface area contributed by atoms with Gasteiger partial charge in [-0.05, 0) is 36.5 Å². The van der Waals surface area contributed by atoms with Crippen molar-refractivity contribution in [3.63, 3.8) is 0 Å². The summed E-state index contributed by atoms with van der Waals surface area (Å²) in [6.45, 7) is 2.67. The van der Waals surface area contributed by atoms with Crippen LogP contribution in [-0.2, 0) is 16.1 Å². The van der Waals surface area contributed by atoms with Crippen molar-refractivity contribution in [3.05, 3.63) is 46.6 Å². The van der Waals surface area contributed by atoms with E-state index in [2.05, 4.69) is 25.2 Å². The van der Waals surface area contributed by atoms with Gasteiger partial charge in [0, 0.05) is 43.2 Å². The topological polar surface area (TPSA) is 120 Å². The number of para-hydroxylation sites is 1. The molecule has 4 rings (SSSR count). The average molecular weight is 427 g/mol. The molecule has 9 nitrogen and oxygen atoms in total. The molecule has 1 saturated heterocycles. The fourth-order valence-corrected chi connectivity index (χ4v) is 4.22. The van der Waals surface area contributed by atoms with Gasteiger partial charge in [0.15, 0.2) is 0 Å². The van der Waals surface area contributed by atoms with Gasteiger partial charge in [0.1, 0.15) is 10.9 Å².